The van der Waals surface area contributed by atoms with Crippen LogP contribution in [0.2, 0.25) is 15.1 Å². The van der Waals surface area contributed by atoms with Crippen LogP contribution in [-0.2, 0) is 17.9 Å². The molecule has 2 heterocycles. The van der Waals surface area contributed by atoms with Gasteiger partial charge in [-0.3, -0.25) is 9.36 Å². The Hall–Kier alpha value is -3.33. The molecule has 1 saturated carbocycles. The van der Waals surface area contributed by atoms with Crippen molar-refractivity contribution in [3.63, 3.8) is 0 Å². The Morgan fingerprint density at radius 2 is 1.87 bits per heavy atom. The number of carbonyl (C=O) groups is 1. The summed E-state index contributed by atoms with van der Waals surface area (Å²) >= 11 is 18.5. The van der Waals surface area contributed by atoms with Crippen LogP contribution in [0.15, 0.2) is 67.3 Å². The number of carbonyl (C=O) groups excluding carboxylic acids is 1. The number of halogens is 3. The predicted octanol–water partition coefficient (Wildman–Crippen LogP) is 6.52. The van der Waals surface area contributed by atoms with Gasteiger partial charge in [-0.15, -0.1) is 0 Å². The van der Waals surface area contributed by atoms with Gasteiger partial charge in [-0.2, -0.15) is 9.97 Å². The Morgan fingerprint density at radius 3 is 2.59 bits per heavy atom. The first kappa shape index (κ1) is 27.2. The third kappa shape index (κ3) is 7.41. The summed E-state index contributed by atoms with van der Waals surface area (Å²) in [6.45, 7) is 0.787. The zero-order valence-corrected chi connectivity index (χ0v) is 23.3. The second-order valence-electron chi connectivity index (χ2n) is 9.57. The van der Waals surface area contributed by atoms with Gasteiger partial charge in [-0.05, 0) is 47.7 Å². The molecule has 2 aromatic carbocycles. The molecule has 2 aromatic heterocycles. The maximum absolute atomic E-state index is 13.4. The summed E-state index contributed by atoms with van der Waals surface area (Å²) in [4.78, 5) is 26.9. The lowest BCUT2D eigenvalue weighted by Crippen LogP contribution is -2.41. The second kappa shape index (κ2) is 12.7. The number of hydrogen-bond donors (Lipinski definition) is 3. The fraction of sp³-hybridized carbons (Fsp3) is 0.286. The maximum atomic E-state index is 13.4. The van der Waals surface area contributed by atoms with Crippen molar-refractivity contribution in [1.29, 1.82) is 0 Å². The zero-order valence-electron chi connectivity index (χ0n) is 21.1. The lowest BCUT2D eigenvalue weighted by molar-refractivity contribution is -0.122. The minimum atomic E-state index is -0.479. The molecule has 1 fully saturated rings. The Kier molecular flexibility index (Phi) is 8.86. The third-order valence-corrected chi connectivity index (χ3v) is 7.54. The van der Waals surface area contributed by atoms with E-state index in [1.807, 2.05) is 36.4 Å². The molecule has 39 heavy (non-hydrogen) atoms. The molecule has 1 atom stereocenters. The van der Waals surface area contributed by atoms with Crippen LogP contribution in [0, 0.1) is 5.92 Å². The fourth-order valence-electron chi connectivity index (χ4n) is 4.38. The third-order valence-electron chi connectivity index (χ3n) is 6.72. The molecule has 8 nitrogen and oxygen atoms in total. The van der Waals surface area contributed by atoms with E-state index in [9.17, 15) is 4.79 Å². The van der Waals surface area contributed by atoms with E-state index in [4.69, 9.17) is 34.8 Å². The summed E-state index contributed by atoms with van der Waals surface area (Å²) in [7, 11) is 0. The van der Waals surface area contributed by atoms with Gasteiger partial charge in [-0.25, -0.2) is 4.98 Å². The van der Waals surface area contributed by atoms with Gasteiger partial charge in [0.2, 0.25) is 11.9 Å². The molecule has 0 bridgehead atoms. The van der Waals surface area contributed by atoms with Crippen molar-refractivity contribution < 1.29 is 4.79 Å². The Labute approximate surface area is 242 Å². The quantitative estimate of drug-likeness (QED) is 0.186. The van der Waals surface area contributed by atoms with Crippen molar-refractivity contribution >= 4 is 52.5 Å². The number of imidazole rings is 1. The molecular weight excluding hydrogens is 557 g/mol. The molecule has 5 rings (SSSR count). The van der Waals surface area contributed by atoms with Crippen LogP contribution in [0.1, 0.15) is 36.8 Å². The molecule has 0 spiro atoms. The zero-order chi connectivity index (χ0) is 27.2. The SMILES string of the molecule is O=C(NCc1ccc(Cl)cc1Cl)[C@@H](CC1CCC1)Nc1cc(-n2ccnc2)nc(NCc2cccc(Cl)c2)n1. The van der Waals surface area contributed by atoms with E-state index in [2.05, 4.69) is 30.9 Å². The van der Waals surface area contributed by atoms with Crippen LogP contribution in [0.3, 0.4) is 0 Å². The topological polar surface area (TPSA) is 96.8 Å². The first-order chi connectivity index (χ1) is 18.9. The largest absolute Gasteiger partial charge is 0.358 e. The van der Waals surface area contributed by atoms with Crippen molar-refractivity contribution in [3.05, 3.63) is 93.4 Å². The molecular formula is C28H28Cl3N7O. The standard InChI is InChI=1S/C28H28Cl3N7O/c29-21-6-2-5-19(11-21)15-34-28-36-25(14-26(37-28)38-10-9-32-17-38)35-24(12-18-3-1-4-18)27(39)33-16-20-7-8-22(30)13-23(20)31/h2,5-11,13-14,17-18,24H,1,3-4,12,15-16H2,(H,33,39)(H2,34,35,36,37)/t24-/m1/s1. The highest BCUT2D eigenvalue weighted by atomic mass is 35.5. The number of rotatable bonds is 11. The highest BCUT2D eigenvalue weighted by Crippen LogP contribution is 2.31. The number of anilines is 2. The molecule has 202 valence electrons. The number of benzene rings is 2. The summed E-state index contributed by atoms with van der Waals surface area (Å²) in [5, 5.41) is 11.4. The molecule has 0 unspecified atom stereocenters. The Balaban J connectivity index is 1.35. The van der Waals surface area contributed by atoms with E-state index in [0.29, 0.717) is 58.1 Å². The summed E-state index contributed by atoms with van der Waals surface area (Å²) in [5.41, 5.74) is 1.80. The molecule has 0 saturated heterocycles. The van der Waals surface area contributed by atoms with Gasteiger partial charge in [0.05, 0.1) is 0 Å². The van der Waals surface area contributed by atoms with Crippen molar-refractivity contribution in [1.82, 2.24) is 24.8 Å². The lowest BCUT2D eigenvalue weighted by atomic mass is 9.80. The van der Waals surface area contributed by atoms with E-state index in [-0.39, 0.29) is 5.91 Å². The summed E-state index contributed by atoms with van der Waals surface area (Å²) in [6, 6.07) is 14.2. The van der Waals surface area contributed by atoms with Crippen LogP contribution >= 0.6 is 34.8 Å². The smallest absolute Gasteiger partial charge is 0.242 e. The minimum Gasteiger partial charge on any atom is -0.358 e. The van der Waals surface area contributed by atoms with Crippen molar-refractivity contribution in [2.24, 2.45) is 5.92 Å². The fourth-order valence-corrected chi connectivity index (χ4v) is 5.07. The normalized spacial score (nSPS) is 13.9. The van der Waals surface area contributed by atoms with E-state index in [0.717, 1.165) is 24.0 Å². The lowest BCUT2D eigenvalue weighted by Gasteiger charge is -2.30. The number of hydrogen-bond acceptors (Lipinski definition) is 6. The average molecular weight is 585 g/mol. The highest BCUT2D eigenvalue weighted by molar-refractivity contribution is 6.35. The van der Waals surface area contributed by atoms with Gasteiger partial charge < -0.3 is 16.0 Å². The van der Waals surface area contributed by atoms with Crippen molar-refractivity contribution in [3.8, 4) is 5.82 Å². The van der Waals surface area contributed by atoms with Gasteiger partial charge in [0.1, 0.15) is 24.0 Å². The average Bonchev–Trinajstić information content (AvgIpc) is 3.43. The Morgan fingerprint density at radius 1 is 1.03 bits per heavy atom. The summed E-state index contributed by atoms with van der Waals surface area (Å²) in [5.74, 6) is 1.94. The molecule has 11 heteroatoms. The monoisotopic (exact) mass is 583 g/mol. The molecule has 1 aliphatic rings. The number of amides is 1. The van der Waals surface area contributed by atoms with Crippen LogP contribution in [0.4, 0.5) is 11.8 Å². The van der Waals surface area contributed by atoms with Crippen LogP contribution in [0.25, 0.3) is 5.82 Å². The first-order valence-electron chi connectivity index (χ1n) is 12.8. The highest BCUT2D eigenvalue weighted by Gasteiger charge is 2.27. The van der Waals surface area contributed by atoms with Gasteiger partial charge in [-0.1, -0.05) is 72.3 Å². The number of aromatic nitrogens is 4. The van der Waals surface area contributed by atoms with E-state index >= 15 is 0 Å². The first-order valence-corrected chi connectivity index (χ1v) is 13.9. The minimum absolute atomic E-state index is 0.121. The number of nitrogens with zero attached hydrogens (tertiary/aromatic N) is 4. The Bertz CT molecular complexity index is 1430. The number of nitrogens with one attached hydrogen (secondary N) is 3. The predicted molar refractivity (Wildman–Crippen MR) is 156 cm³/mol. The molecule has 0 radical (unpaired) electrons. The van der Waals surface area contributed by atoms with E-state index < -0.39 is 6.04 Å². The van der Waals surface area contributed by atoms with Crippen LogP contribution in [0.5, 0.6) is 0 Å². The van der Waals surface area contributed by atoms with Crippen LogP contribution in [-0.4, -0.2) is 31.5 Å². The second-order valence-corrected chi connectivity index (χ2v) is 10.9. The molecule has 4 aromatic rings. The molecule has 0 aliphatic heterocycles. The van der Waals surface area contributed by atoms with E-state index in [1.54, 1.807) is 35.4 Å². The van der Waals surface area contributed by atoms with Gasteiger partial charge in [0.25, 0.3) is 0 Å². The summed E-state index contributed by atoms with van der Waals surface area (Å²) in [6.07, 6.45) is 9.28. The van der Waals surface area contributed by atoms with Crippen molar-refractivity contribution in [2.45, 2.75) is 44.8 Å². The molecule has 1 amide bonds. The van der Waals surface area contributed by atoms with Crippen LogP contribution < -0.4 is 16.0 Å². The van der Waals surface area contributed by atoms with E-state index in [1.165, 1.54) is 6.42 Å². The maximum Gasteiger partial charge on any atom is 0.242 e. The molecule has 1 aliphatic carbocycles. The van der Waals surface area contributed by atoms with Gasteiger partial charge in [0, 0.05) is 46.6 Å². The van der Waals surface area contributed by atoms with Crippen molar-refractivity contribution in [2.75, 3.05) is 10.6 Å². The van der Waals surface area contributed by atoms with Gasteiger partial charge >= 0.3 is 0 Å². The van der Waals surface area contributed by atoms with Gasteiger partial charge in [0.15, 0.2) is 0 Å². The molecule has 3 N–H and O–H groups in total. The summed E-state index contributed by atoms with van der Waals surface area (Å²) < 4.78 is 1.79.